The van der Waals surface area contributed by atoms with Gasteiger partial charge in [0, 0.05) is 17.8 Å². The highest BCUT2D eigenvalue weighted by Crippen LogP contribution is 2.32. The second kappa shape index (κ2) is 6.95. The number of nitrogen functional groups attached to an aromatic ring is 1. The molecule has 0 fully saturated rings. The van der Waals surface area contributed by atoms with E-state index < -0.39 is 17.8 Å². The highest BCUT2D eigenvalue weighted by Gasteiger charge is 2.31. The highest BCUT2D eigenvalue weighted by molar-refractivity contribution is 5.95. The number of anilines is 1. The van der Waals surface area contributed by atoms with Crippen LogP contribution in [-0.2, 0) is 6.18 Å². The molecule has 1 unspecified atom stereocenters. The lowest BCUT2D eigenvalue weighted by atomic mass is 10.0. The maximum Gasteiger partial charge on any atom is 0.416 e. The van der Waals surface area contributed by atoms with Crippen LogP contribution in [0.4, 0.5) is 18.9 Å². The zero-order chi connectivity index (χ0) is 17.9. The fourth-order valence-electron chi connectivity index (χ4n) is 2.59. The molecule has 0 aliphatic rings. The maximum atomic E-state index is 12.9. The summed E-state index contributed by atoms with van der Waals surface area (Å²) in [5.74, 6) is -0.269. The van der Waals surface area contributed by atoms with Crippen LogP contribution in [0.3, 0.4) is 0 Å². The summed E-state index contributed by atoms with van der Waals surface area (Å²) in [6, 6.07) is 11.1. The number of carbonyl (C=O) groups excluding carboxylic acids is 1. The van der Waals surface area contributed by atoms with E-state index in [4.69, 9.17) is 5.73 Å². The molecule has 6 heteroatoms. The molecule has 0 heterocycles. The van der Waals surface area contributed by atoms with Gasteiger partial charge in [-0.25, -0.2) is 0 Å². The van der Waals surface area contributed by atoms with Gasteiger partial charge in [0.05, 0.1) is 11.6 Å². The molecule has 0 aliphatic carbocycles. The van der Waals surface area contributed by atoms with Gasteiger partial charge in [-0.1, -0.05) is 18.2 Å². The summed E-state index contributed by atoms with van der Waals surface area (Å²) in [6.07, 6.45) is -4.41. The van der Waals surface area contributed by atoms with Crippen LogP contribution < -0.4 is 5.73 Å². The molecule has 0 saturated carbocycles. The van der Waals surface area contributed by atoms with Crippen molar-refractivity contribution < 1.29 is 18.0 Å². The van der Waals surface area contributed by atoms with Gasteiger partial charge in [0.25, 0.3) is 5.91 Å². The van der Waals surface area contributed by atoms with Gasteiger partial charge < -0.3 is 10.6 Å². The van der Waals surface area contributed by atoms with Gasteiger partial charge in [0.15, 0.2) is 0 Å². The lowest BCUT2D eigenvalue weighted by Gasteiger charge is -2.29. The number of halogens is 3. The van der Waals surface area contributed by atoms with E-state index in [1.807, 2.05) is 0 Å². The predicted octanol–water partition coefficient (Wildman–Crippen LogP) is 4.51. The van der Waals surface area contributed by atoms with E-state index in [-0.39, 0.29) is 5.91 Å². The van der Waals surface area contributed by atoms with Gasteiger partial charge in [-0.15, -0.1) is 0 Å². The molecule has 0 bridgehead atoms. The number of hydrogen-bond donors (Lipinski definition) is 1. The lowest BCUT2D eigenvalue weighted by Crippen LogP contribution is -2.33. The Morgan fingerprint density at radius 2 is 1.83 bits per heavy atom. The smallest absolute Gasteiger partial charge is 0.399 e. The molecule has 2 aromatic carbocycles. The van der Waals surface area contributed by atoms with Crippen LogP contribution in [0, 0.1) is 0 Å². The van der Waals surface area contributed by atoms with Crippen molar-refractivity contribution >= 4 is 11.6 Å². The Morgan fingerprint density at radius 1 is 1.17 bits per heavy atom. The van der Waals surface area contributed by atoms with E-state index in [0.717, 1.165) is 12.1 Å². The summed E-state index contributed by atoms with van der Waals surface area (Å²) in [4.78, 5) is 14.2. The van der Waals surface area contributed by atoms with Crippen LogP contribution in [0.1, 0.15) is 41.4 Å². The van der Waals surface area contributed by atoms with Crippen LogP contribution in [0.2, 0.25) is 0 Å². The zero-order valence-corrected chi connectivity index (χ0v) is 13.5. The molecule has 1 atom stereocenters. The van der Waals surface area contributed by atoms with Crippen molar-refractivity contribution in [3.63, 3.8) is 0 Å². The Hall–Kier alpha value is -2.50. The third kappa shape index (κ3) is 3.88. The molecule has 3 nitrogen and oxygen atoms in total. The topological polar surface area (TPSA) is 46.3 Å². The van der Waals surface area contributed by atoms with Gasteiger partial charge in [-0.2, -0.15) is 13.2 Å². The monoisotopic (exact) mass is 336 g/mol. The number of hydrogen-bond acceptors (Lipinski definition) is 2. The van der Waals surface area contributed by atoms with E-state index in [9.17, 15) is 18.0 Å². The first-order valence-electron chi connectivity index (χ1n) is 7.57. The summed E-state index contributed by atoms with van der Waals surface area (Å²) in [7, 11) is 0. The van der Waals surface area contributed by atoms with Gasteiger partial charge in [0.1, 0.15) is 0 Å². The SMILES string of the molecule is CCN(C(=O)c1cccc(N)c1)C(C)c1cccc(C(F)(F)F)c1. The van der Waals surface area contributed by atoms with Crippen molar-refractivity contribution in [1.29, 1.82) is 0 Å². The van der Waals surface area contributed by atoms with Gasteiger partial charge in [0.2, 0.25) is 0 Å². The fourth-order valence-corrected chi connectivity index (χ4v) is 2.59. The number of amides is 1. The van der Waals surface area contributed by atoms with Crippen molar-refractivity contribution in [3.05, 3.63) is 65.2 Å². The normalized spacial score (nSPS) is 12.7. The number of nitrogens with two attached hydrogens (primary N) is 1. The molecule has 2 N–H and O–H groups in total. The quantitative estimate of drug-likeness (QED) is 0.835. The molecule has 2 aromatic rings. The molecule has 2 rings (SSSR count). The van der Waals surface area contributed by atoms with E-state index in [0.29, 0.717) is 23.4 Å². The van der Waals surface area contributed by atoms with Crippen LogP contribution in [0.5, 0.6) is 0 Å². The Bertz CT molecular complexity index is 728. The van der Waals surface area contributed by atoms with Crippen LogP contribution in [0.25, 0.3) is 0 Å². The summed E-state index contributed by atoms with van der Waals surface area (Å²) in [5.41, 5.74) is 6.28. The molecule has 24 heavy (non-hydrogen) atoms. The maximum absolute atomic E-state index is 12.9. The fraction of sp³-hybridized carbons (Fsp3) is 0.278. The minimum absolute atomic E-state index is 0.269. The standard InChI is InChI=1S/C18H19F3N2O/c1-3-23(17(24)14-7-5-9-16(22)11-14)12(2)13-6-4-8-15(10-13)18(19,20)21/h4-12H,3,22H2,1-2H3. The second-order valence-corrected chi connectivity index (χ2v) is 5.52. The molecule has 0 radical (unpaired) electrons. The predicted molar refractivity (Wildman–Crippen MR) is 87.4 cm³/mol. The average molecular weight is 336 g/mol. The number of alkyl halides is 3. The van der Waals surface area contributed by atoms with Crippen molar-refractivity contribution in [3.8, 4) is 0 Å². The minimum Gasteiger partial charge on any atom is -0.399 e. The van der Waals surface area contributed by atoms with Crippen molar-refractivity contribution in [2.24, 2.45) is 0 Å². The van der Waals surface area contributed by atoms with Crippen LogP contribution in [-0.4, -0.2) is 17.4 Å². The van der Waals surface area contributed by atoms with E-state index in [1.165, 1.54) is 11.0 Å². The van der Waals surface area contributed by atoms with Crippen LogP contribution >= 0.6 is 0 Å². The third-order valence-corrected chi connectivity index (χ3v) is 3.90. The Morgan fingerprint density at radius 3 is 2.42 bits per heavy atom. The van der Waals surface area contributed by atoms with Gasteiger partial charge >= 0.3 is 6.18 Å². The third-order valence-electron chi connectivity index (χ3n) is 3.90. The van der Waals surface area contributed by atoms with Crippen molar-refractivity contribution in [2.75, 3.05) is 12.3 Å². The first kappa shape index (κ1) is 17.8. The molecule has 0 aromatic heterocycles. The minimum atomic E-state index is -4.41. The second-order valence-electron chi connectivity index (χ2n) is 5.52. The highest BCUT2D eigenvalue weighted by atomic mass is 19.4. The van der Waals surface area contributed by atoms with Crippen molar-refractivity contribution in [2.45, 2.75) is 26.1 Å². The number of carbonyl (C=O) groups is 1. The molecular formula is C18H19F3N2O. The van der Waals surface area contributed by atoms with E-state index in [1.54, 1.807) is 44.2 Å². The first-order valence-corrected chi connectivity index (χ1v) is 7.57. The lowest BCUT2D eigenvalue weighted by molar-refractivity contribution is -0.137. The summed E-state index contributed by atoms with van der Waals surface area (Å²) in [6.45, 7) is 3.86. The number of benzene rings is 2. The number of rotatable bonds is 4. The number of nitrogens with zero attached hydrogens (tertiary/aromatic N) is 1. The molecule has 128 valence electrons. The molecular weight excluding hydrogens is 317 g/mol. The molecule has 0 aliphatic heterocycles. The Labute approximate surface area is 138 Å². The molecule has 0 spiro atoms. The average Bonchev–Trinajstić information content (AvgIpc) is 2.54. The van der Waals surface area contributed by atoms with Gasteiger partial charge in [-0.05, 0) is 49.7 Å². The van der Waals surface area contributed by atoms with Crippen molar-refractivity contribution in [1.82, 2.24) is 4.90 Å². The Kier molecular flexibility index (Phi) is 5.17. The van der Waals surface area contributed by atoms with E-state index >= 15 is 0 Å². The molecule has 1 amide bonds. The molecule has 0 saturated heterocycles. The summed E-state index contributed by atoms with van der Waals surface area (Å²) < 4.78 is 38.7. The largest absolute Gasteiger partial charge is 0.416 e. The van der Waals surface area contributed by atoms with Crippen LogP contribution in [0.15, 0.2) is 48.5 Å². The first-order chi connectivity index (χ1) is 11.2. The van der Waals surface area contributed by atoms with Gasteiger partial charge in [-0.3, -0.25) is 4.79 Å². The summed E-state index contributed by atoms with van der Waals surface area (Å²) >= 11 is 0. The zero-order valence-electron chi connectivity index (χ0n) is 13.5. The van der Waals surface area contributed by atoms with E-state index in [2.05, 4.69) is 0 Å². The Balaban J connectivity index is 2.32. The summed E-state index contributed by atoms with van der Waals surface area (Å²) in [5, 5.41) is 0.